The molecule has 1 nitrogen and oxygen atoms in total. The molecule has 0 fully saturated rings. The molecule has 1 heterocycles. The van der Waals surface area contributed by atoms with Gasteiger partial charge in [-0.15, -0.1) is 0 Å². The summed E-state index contributed by atoms with van der Waals surface area (Å²) in [6.45, 7) is 0. The van der Waals surface area contributed by atoms with E-state index in [9.17, 15) is 0 Å². The van der Waals surface area contributed by atoms with Crippen LogP contribution in [0, 0.1) is 0 Å². The normalized spacial score (nSPS) is 11.8. The number of aromatic nitrogens is 1. The molecule has 0 spiro atoms. The third-order valence-electron chi connectivity index (χ3n) is 16.7. The van der Waals surface area contributed by atoms with E-state index in [1.54, 1.807) is 0 Å². The zero-order chi connectivity index (χ0) is 52.0. The minimum absolute atomic E-state index is 1.11. The Morgan fingerprint density at radius 2 is 0.506 bits per heavy atom. The highest BCUT2D eigenvalue weighted by atomic mass is 15.0. The van der Waals surface area contributed by atoms with Crippen LogP contribution in [0.3, 0.4) is 0 Å². The van der Waals surface area contributed by atoms with Crippen molar-refractivity contribution in [3.05, 3.63) is 297 Å². The first-order valence-corrected chi connectivity index (χ1v) is 27.4. The Kier molecular flexibility index (Phi) is 10.3. The Hall–Kier alpha value is -10.3. The van der Waals surface area contributed by atoms with E-state index in [4.69, 9.17) is 0 Å². The highest BCUT2D eigenvalue weighted by molar-refractivity contribution is 6.17. The van der Waals surface area contributed by atoms with Crippen LogP contribution in [0.5, 0.6) is 0 Å². The summed E-state index contributed by atoms with van der Waals surface area (Å²) in [6, 6.07) is 111. The summed E-state index contributed by atoms with van der Waals surface area (Å²) in [5, 5.41) is 17.4. The van der Waals surface area contributed by atoms with Crippen molar-refractivity contribution in [2.45, 2.75) is 0 Å². The lowest BCUT2D eigenvalue weighted by molar-refractivity contribution is 1.18. The van der Waals surface area contributed by atoms with Crippen molar-refractivity contribution >= 4 is 86.4 Å². The summed E-state index contributed by atoms with van der Waals surface area (Å²) in [4.78, 5) is 0. The fourth-order valence-electron chi connectivity index (χ4n) is 12.9. The Balaban J connectivity index is 0.923. The first-order valence-electron chi connectivity index (χ1n) is 27.4. The molecule has 0 bridgehead atoms. The van der Waals surface area contributed by atoms with Gasteiger partial charge in [-0.3, -0.25) is 0 Å². The van der Waals surface area contributed by atoms with Crippen LogP contribution in [0.4, 0.5) is 0 Å². The summed E-state index contributed by atoms with van der Waals surface area (Å²) in [5.41, 5.74) is 17.8. The highest BCUT2D eigenvalue weighted by Crippen LogP contribution is 2.44. The molecule has 16 aromatic rings. The van der Waals surface area contributed by atoms with Crippen LogP contribution in [0.2, 0.25) is 0 Å². The molecule has 1 heteroatoms. The molecule has 16 rings (SSSR count). The lowest BCUT2D eigenvalue weighted by Crippen LogP contribution is -1.97. The maximum atomic E-state index is 2.52. The highest BCUT2D eigenvalue weighted by Gasteiger charge is 2.20. The molecule has 0 unspecified atom stereocenters. The Bertz CT molecular complexity index is 4790. The maximum absolute atomic E-state index is 2.52. The molecule has 366 valence electrons. The molecule has 15 aromatic carbocycles. The molecular formula is C78H49N. The fraction of sp³-hybridized carbons (Fsp3) is 0. The van der Waals surface area contributed by atoms with Gasteiger partial charge in [0.2, 0.25) is 0 Å². The predicted octanol–water partition coefficient (Wildman–Crippen LogP) is 21.7. The lowest BCUT2D eigenvalue weighted by Gasteiger charge is -2.18. The zero-order valence-corrected chi connectivity index (χ0v) is 43.2. The SMILES string of the molecule is c1ccc2c(-c3ccc(-c4ccc5c(c4)c4cc(-c6ccc(-c7cccc8ccccc78)cc6)ccc4n5-c4cc(-c5cc6ccccc6c6ccccc56)cc(-c5cc6ccccc6c6ccccc56)c4)cc3)cccc2c1. The van der Waals surface area contributed by atoms with E-state index >= 15 is 0 Å². The summed E-state index contributed by atoms with van der Waals surface area (Å²) < 4.78 is 2.52. The van der Waals surface area contributed by atoms with Crippen molar-refractivity contribution in [2.75, 3.05) is 0 Å². The van der Waals surface area contributed by atoms with Gasteiger partial charge in [0.1, 0.15) is 0 Å². The van der Waals surface area contributed by atoms with Gasteiger partial charge in [0.15, 0.2) is 0 Å². The molecule has 0 aliphatic carbocycles. The number of nitrogens with zero attached hydrogens (tertiary/aromatic N) is 1. The van der Waals surface area contributed by atoms with Crippen molar-refractivity contribution in [1.82, 2.24) is 4.57 Å². The van der Waals surface area contributed by atoms with Gasteiger partial charge in [0.25, 0.3) is 0 Å². The van der Waals surface area contributed by atoms with E-state index in [0.29, 0.717) is 0 Å². The zero-order valence-electron chi connectivity index (χ0n) is 43.2. The second-order valence-corrected chi connectivity index (χ2v) is 21.2. The van der Waals surface area contributed by atoms with Crippen LogP contribution >= 0.6 is 0 Å². The maximum Gasteiger partial charge on any atom is 0.0541 e. The molecular weight excluding hydrogens is 951 g/mol. The standard InChI is InChI=1S/C78H49N/c1-5-21-63-52(15-1)19-13-29-65(63)54-35-31-50(32-36-54)56-39-41-77-75(46-56)76-47-57(51-33-37-55(38-34-51)66-30-14-20-53-16-2-6-22-64(53)66)40-42-78(76)79(77)62-44-60(73-48-58-17-3-7-23-67(58)69-25-9-11-27-71(69)73)43-61(45-62)74-49-59-18-4-8-24-68(59)70-26-10-12-28-72(70)74/h1-49H. The minimum atomic E-state index is 1.11. The second-order valence-electron chi connectivity index (χ2n) is 21.2. The van der Waals surface area contributed by atoms with Gasteiger partial charge in [-0.25, -0.2) is 0 Å². The van der Waals surface area contributed by atoms with E-state index < -0.39 is 0 Å². The third kappa shape index (κ3) is 7.47. The van der Waals surface area contributed by atoms with Crippen LogP contribution in [-0.4, -0.2) is 4.57 Å². The summed E-state index contributed by atoms with van der Waals surface area (Å²) in [6.07, 6.45) is 0. The minimum Gasteiger partial charge on any atom is -0.309 e. The van der Waals surface area contributed by atoms with Crippen LogP contribution in [0.1, 0.15) is 0 Å². The summed E-state index contributed by atoms with van der Waals surface area (Å²) in [5.74, 6) is 0. The van der Waals surface area contributed by atoms with Gasteiger partial charge in [0.05, 0.1) is 11.0 Å². The molecule has 0 saturated heterocycles. The molecule has 0 radical (unpaired) electrons. The van der Waals surface area contributed by atoms with Gasteiger partial charge in [-0.1, -0.05) is 243 Å². The van der Waals surface area contributed by atoms with E-state index in [1.807, 2.05) is 0 Å². The largest absolute Gasteiger partial charge is 0.309 e. The van der Waals surface area contributed by atoms with E-state index in [1.165, 1.54) is 142 Å². The Labute approximate surface area is 458 Å². The predicted molar refractivity (Wildman–Crippen MR) is 338 cm³/mol. The molecule has 79 heavy (non-hydrogen) atoms. The van der Waals surface area contributed by atoms with Gasteiger partial charge < -0.3 is 4.57 Å². The van der Waals surface area contributed by atoms with Crippen molar-refractivity contribution in [2.24, 2.45) is 0 Å². The number of fused-ring (bicyclic) bond motifs is 11. The molecule has 0 aliphatic rings. The molecule has 0 aliphatic heterocycles. The van der Waals surface area contributed by atoms with Crippen molar-refractivity contribution in [3.8, 4) is 72.4 Å². The Morgan fingerprint density at radius 1 is 0.165 bits per heavy atom. The molecule has 0 saturated carbocycles. The second kappa shape index (κ2) is 18.2. The fourth-order valence-corrected chi connectivity index (χ4v) is 12.9. The van der Waals surface area contributed by atoms with Gasteiger partial charge in [0, 0.05) is 16.5 Å². The third-order valence-corrected chi connectivity index (χ3v) is 16.7. The average Bonchev–Trinajstić information content (AvgIpc) is 4.13. The lowest BCUT2D eigenvalue weighted by atomic mass is 9.89. The van der Waals surface area contributed by atoms with Gasteiger partial charge >= 0.3 is 0 Å². The first kappa shape index (κ1) is 44.9. The quantitative estimate of drug-likeness (QED) is 0.140. The van der Waals surface area contributed by atoms with Gasteiger partial charge in [-0.2, -0.15) is 0 Å². The van der Waals surface area contributed by atoms with E-state index in [0.717, 1.165) is 16.7 Å². The average molecular weight is 1000 g/mol. The van der Waals surface area contributed by atoms with Gasteiger partial charge in [-0.05, 0) is 186 Å². The summed E-state index contributed by atoms with van der Waals surface area (Å²) >= 11 is 0. The van der Waals surface area contributed by atoms with Crippen LogP contribution < -0.4 is 0 Å². The topological polar surface area (TPSA) is 4.93 Å². The van der Waals surface area contributed by atoms with Crippen LogP contribution in [-0.2, 0) is 0 Å². The Morgan fingerprint density at radius 3 is 0.949 bits per heavy atom. The molecule has 0 atom stereocenters. The van der Waals surface area contributed by atoms with Crippen LogP contribution in [0.15, 0.2) is 297 Å². The monoisotopic (exact) mass is 999 g/mol. The number of benzene rings is 15. The molecule has 0 N–H and O–H groups in total. The van der Waals surface area contributed by atoms with E-state index in [2.05, 4.69) is 302 Å². The van der Waals surface area contributed by atoms with Crippen molar-refractivity contribution in [1.29, 1.82) is 0 Å². The first-order chi connectivity index (χ1) is 39.1. The summed E-state index contributed by atoms with van der Waals surface area (Å²) in [7, 11) is 0. The van der Waals surface area contributed by atoms with Crippen molar-refractivity contribution < 1.29 is 0 Å². The van der Waals surface area contributed by atoms with Crippen molar-refractivity contribution in [3.63, 3.8) is 0 Å². The number of hydrogen-bond acceptors (Lipinski definition) is 0. The number of rotatable bonds is 7. The molecule has 1 aromatic heterocycles. The number of hydrogen-bond donors (Lipinski definition) is 0. The smallest absolute Gasteiger partial charge is 0.0541 e. The molecule has 0 amide bonds. The van der Waals surface area contributed by atoms with Crippen LogP contribution in [0.25, 0.3) is 159 Å². The van der Waals surface area contributed by atoms with E-state index in [-0.39, 0.29) is 0 Å².